The molecule has 0 radical (unpaired) electrons. The van der Waals surface area contributed by atoms with Gasteiger partial charge in [-0.25, -0.2) is 0 Å². The number of hydrogen-bond acceptors (Lipinski definition) is 3. The number of aliphatic hydroxyl groups excluding tert-OH is 1. The highest BCUT2D eigenvalue weighted by Crippen LogP contribution is 1.96. The lowest BCUT2D eigenvalue weighted by Crippen LogP contribution is -2.35. The van der Waals surface area contributed by atoms with Gasteiger partial charge in [-0.1, -0.05) is 5.11 Å². The van der Waals surface area contributed by atoms with Crippen molar-refractivity contribution in [2.24, 2.45) is 5.11 Å². The topological polar surface area (TPSA) is 72.2 Å². The largest absolute Gasteiger partial charge is 0.395 e. The minimum Gasteiger partial charge on any atom is -0.395 e. The first kappa shape index (κ1) is 11.2. The summed E-state index contributed by atoms with van der Waals surface area (Å²) in [6.45, 7) is 6.06. The van der Waals surface area contributed by atoms with Gasteiger partial charge in [0.15, 0.2) is 0 Å². The Kier molecular flexibility index (Phi) is 6.47. The number of aliphatic hydroxyl groups is 1. The van der Waals surface area contributed by atoms with E-state index in [0.29, 0.717) is 25.7 Å². The van der Waals surface area contributed by atoms with Gasteiger partial charge in [-0.3, -0.25) is 4.90 Å². The summed E-state index contributed by atoms with van der Waals surface area (Å²) in [7, 11) is 0. The molecule has 0 rings (SSSR count). The van der Waals surface area contributed by atoms with Gasteiger partial charge in [-0.15, -0.1) is 0 Å². The van der Waals surface area contributed by atoms with Gasteiger partial charge in [0.05, 0.1) is 6.61 Å². The van der Waals surface area contributed by atoms with Crippen molar-refractivity contribution in [2.75, 3.05) is 26.2 Å². The molecule has 0 aromatic heterocycles. The lowest BCUT2D eigenvalue weighted by molar-refractivity contribution is 0.170. The smallest absolute Gasteiger partial charge is 0.0558 e. The van der Waals surface area contributed by atoms with Crippen LogP contribution < -0.4 is 0 Å². The Labute approximate surface area is 72.6 Å². The Morgan fingerprint density at radius 3 is 2.58 bits per heavy atom. The summed E-state index contributed by atoms with van der Waals surface area (Å²) in [5.74, 6) is 0. The summed E-state index contributed by atoms with van der Waals surface area (Å²) in [5, 5.41) is 12.1. The summed E-state index contributed by atoms with van der Waals surface area (Å²) in [4.78, 5) is 4.73. The highest BCUT2D eigenvalue weighted by Gasteiger charge is 2.06. The van der Waals surface area contributed by atoms with Crippen LogP contribution in [0.1, 0.15) is 13.8 Å². The molecule has 0 aromatic carbocycles. The standard InChI is InChI=1S/C7H16N4O/c1-7(2)11(5-6-12)4-3-9-10-8/h7,12H,3-6H2,1-2H3. The Morgan fingerprint density at radius 1 is 1.50 bits per heavy atom. The predicted molar refractivity (Wildman–Crippen MR) is 47.8 cm³/mol. The van der Waals surface area contributed by atoms with E-state index in [9.17, 15) is 0 Å². The molecule has 0 amide bonds. The van der Waals surface area contributed by atoms with Gasteiger partial charge in [0.1, 0.15) is 0 Å². The number of nitrogens with zero attached hydrogens (tertiary/aromatic N) is 4. The molecule has 0 aliphatic heterocycles. The molecule has 12 heavy (non-hydrogen) atoms. The van der Waals surface area contributed by atoms with E-state index in [1.807, 2.05) is 13.8 Å². The van der Waals surface area contributed by atoms with Crippen molar-refractivity contribution in [1.82, 2.24) is 4.90 Å². The van der Waals surface area contributed by atoms with Crippen molar-refractivity contribution in [3.05, 3.63) is 10.4 Å². The summed E-state index contributed by atoms with van der Waals surface area (Å²) < 4.78 is 0. The van der Waals surface area contributed by atoms with E-state index in [1.54, 1.807) is 0 Å². The van der Waals surface area contributed by atoms with E-state index in [-0.39, 0.29) is 6.61 Å². The van der Waals surface area contributed by atoms with Crippen LogP contribution in [0.2, 0.25) is 0 Å². The van der Waals surface area contributed by atoms with Crippen molar-refractivity contribution in [2.45, 2.75) is 19.9 Å². The first-order chi connectivity index (χ1) is 5.72. The summed E-state index contributed by atoms with van der Waals surface area (Å²) in [6.07, 6.45) is 0. The number of hydrogen-bond donors (Lipinski definition) is 1. The van der Waals surface area contributed by atoms with Gasteiger partial charge in [-0.05, 0) is 19.4 Å². The van der Waals surface area contributed by atoms with Crippen LogP contribution in [0, 0.1) is 0 Å². The highest BCUT2D eigenvalue weighted by atomic mass is 16.3. The Hall–Kier alpha value is -0.770. The fraction of sp³-hybridized carbons (Fsp3) is 1.00. The van der Waals surface area contributed by atoms with Crippen molar-refractivity contribution in [3.63, 3.8) is 0 Å². The molecule has 0 aliphatic rings. The Bertz CT molecular complexity index is 153. The van der Waals surface area contributed by atoms with Gasteiger partial charge in [0.25, 0.3) is 0 Å². The first-order valence-corrected chi connectivity index (χ1v) is 4.08. The molecule has 0 spiro atoms. The molecule has 0 heterocycles. The second-order valence-electron chi connectivity index (χ2n) is 2.81. The Morgan fingerprint density at radius 2 is 2.17 bits per heavy atom. The number of azide groups is 1. The van der Waals surface area contributed by atoms with E-state index in [2.05, 4.69) is 14.9 Å². The quantitative estimate of drug-likeness (QED) is 0.369. The van der Waals surface area contributed by atoms with E-state index in [1.165, 1.54) is 0 Å². The molecule has 0 bridgehead atoms. The average Bonchev–Trinajstić information content (AvgIpc) is 2.03. The maximum absolute atomic E-state index is 8.70. The minimum absolute atomic E-state index is 0.147. The third-order valence-electron chi connectivity index (χ3n) is 1.67. The third-order valence-corrected chi connectivity index (χ3v) is 1.67. The Balaban J connectivity index is 3.70. The maximum Gasteiger partial charge on any atom is 0.0558 e. The van der Waals surface area contributed by atoms with Crippen LogP contribution in [-0.4, -0.2) is 42.3 Å². The fourth-order valence-electron chi connectivity index (χ4n) is 0.975. The van der Waals surface area contributed by atoms with Crippen LogP contribution in [0.5, 0.6) is 0 Å². The van der Waals surface area contributed by atoms with Gasteiger partial charge in [-0.2, -0.15) is 0 Å². The lowest BCUT2D eigenvalue weighted by Gasteiger charge is -2.24. The van der Waals surface area contributed by atoms with E-state index >= 15 is 0 Å². The summed E-state index contributed by atoms with van der Waals surface area (Å²) in [6, 6.07) is 0.381. The van der Waals surface area contributed by atoms with E-state index in [4.69, 9.17) is 10.6 Å². The first-order valence-electron chi connectivity index (χ1n) is 4.08. The van der Waals surface area contributed by atoms with E-state index < -0.39 is 0 Å². The van der Waals surface area contributed by atoms with Crippen LogP contribution in [-0.2, 0) is 0 Å². The molecule has 0 atom stereocenters. The van der Waals surface area contributed by atoms with Gasteiger partial charge in [0, 0.05) is 30.6 Å². The van der Waals surface area contributed by atoms with Crippen LogP contribution in [0.3, 0.4) is 0 Å². The SMILES string of the molecule is CC(C)N(CCO)CCN=[N+]=[N-]. The van der Waals surface area contributed by atoms with Crippen LogP contribution in [0.25, 0.3) is 10.4 Å². The molecule has 5 nitrogen and oxygen atoms in total. The predicted octanol–water partition coefficient (Wildman–Crippen LogP) is 0.999. The van der Waals surface area contributed by atoms with Crippen LogP contribution in [0.15, 0.2) is 5.11 Å². The van der Waals surface area contributed by atoms with Crippen LogP contribution in [0.4, 0.5) is 0 Å². The molecule has 0 aromatic rings. The summed E-state index contributed by atoms with van der Waals surface area (Å²) in [5.41, 5.74) is 8.04. The lowest BCUT2D eigenvalue weighted by atomic mass is 10.3. The molecule has 5 heteroatoms. The molecule has 0 aliphatic carbocycles. The molecule has 0 fully saturated rings. The van der Waals surface area contributed by atoms with Gasteiger partial charge in [0.2, 0.25) is 0 Å². The van der Waals surface area contributed by atoms with Gasteiger partial charge >= 0.3 is 0 Å². The van der Waals surface area contributed by atoms with Crippen molar-refractivity contribution < 1.29 is 5.11 Å². The zero-order valence-electron chi connectivity index (χ0n) is 7.64. The van der Waals surface area contributed by atoms with Crippen LogP contribution >= 0.6 is 0 Å². The normalized spacial score (nSPS) is 10.4. The summed E-state index contributed by atoms with van der Waals surface area (Å²) >= 11 is 0. The molecular formula is C7H16N4O. The highest BCUT2D eigenvalue weighted by molar-refractivity contribution is 4.63. The molecule has 0 saturated heterocycles. The monoisotopic (exact) mass is 172 g/mol. The zero-order valence-corrected chi connectivity index (χ0v) is 7.64. The van der Waals surface area contributed by atoms with Crippen molar-refractivity contribution >= 4 is 0 Å². The molecule has 1 N–H and O–H groups in total. The molecule has 0 saturated carbocycles. The minimum atomic E-state index is 0.147. The average molecular weight is 172 g/mol. The molecular weight excluding hydrogens is 156 g/mol. The second-order valence-corrected chi connectivity index (χ2v) is 2.81. The maximum atomic E-state index is 8.70. The zero-order chi connectivity index (χ0) is 9.40. The van der Waals surface area contributed by atoms with Crippen molar-refractivity contribution in [1.29, 1.82) is 0 Å². The van der Waals surface area contributed by atoms with Gasteiger partial charge < -0.3 is 5.11 Å². The number of rotatable bonds is 6. The fourth-order valence-corrected chi connectivity index (χ4v) is 0.975. The van der Waals surface area contributed by atoms with E-state index in [0.717, 1.165) is 0 Å². The van der Waals surface area contributed by atoms with Crippen molar-refractivity contribution in [3.8, 4) is 0 Å². The second kappa shape index (κ2) is 6.91. The molecule has 0 unspecified atom stereocenters. The third kappa shape index (κ3) is 4.96. The molecule has 70 valence electrons.